The van der Waals surface area contributed by atoms with Gasteiger partial charge < -0.3 is 25.7 Å². The van der Waals surface area contributed by atoms with Crippen molar-refractivity contribution in [3.05, 3.63) is 29.6 Å². The van der Waals surface area contributed by atoms with Gasteiger partial charge >= 0.3 is 6.03 Å². The quantitative estimate of drug-likeness (QED) is 0.379. The number of aliphatic hydroxyl groups excluding tert-OH is 2. The van der Waals surface area contributed by atoms with Gasteiger partial charge in [0.25, 0.3) is 0 Å². The number of anilines is 1. The first-order chi connectivity index (χ1) is 18.5. The van der Waals surface area contributed by atoms with E-state index in [2.05, 4.69) is 29.4 Å². The van der Waals surface area contributed by atoms with Crippen LogP contribution < -0.4 is 10.6 Å². The molecule has 1 aromatic carbocycles. The predicted molar refractivity (Wildman–Crippen MR) is 147 cm³/mol. The summed E-state index contributed by atoms with van der Waals surface area (Å²) >= 11 is 0. The molecule has 39 heavy (non-hydrogen) atoms. The zero-order valence-electron chi connectivity index (χ0n) is 23.5. The van der Waals surface area contributed by atoms with Crippen LogP contribution in [0, 0.1) is 28.5 Å². The molecule has 216 valence electrons. The summed E-state index contributed by atoms with van der Waals surface area (Å²) in [6, 6.07) is 4.67. The molecule has 9 heteroatoms. The molecule has 4 N–H and O–H groups in total. The Labute approximate surface area is 231 Å². The summed E-state index contributed by atoms with van der Waals surface area (Å²) in [4.78, 5) is 29.5. The minimum Gasteiger partial charge on any atom is -0.395 e. The third-order valence-electron chi connectivity index (χ3n) is 9.68. The number of aliphatic hydroxyl groups is 2. The van der Waals surface area contributed by atoms with Crippen LogP contribution in [0.15, 0.2) is 18.2 Å². The number of hydrogen-bond donors (Lipinski definition) is 4. The molecular formula is C30H45FN4O4. The number of nitrogens with zero attached hydrogens (tertiary/aromatic N) is 2. The van der Waals surface area contributed by atoms with E-state index in [4.69, 9.17) is 0 Å². The summed E-state index contributed by atoms with van der Waals surface area (Å²) in [6.07, 6.45) is 8.15. The minimum absolute atomic E-state index is 0.0192. The molecule has 1 aliphatic heterocycles. The highest BCUT2D eigenvalue weighted by atomic mass is 19.1. The summed E-state index contributed by atoms with van der Waals surface area (Å²) in [5.41, 5.74) is 1.40. The Morgan fingerprint density at radius 3 is 2.23 bits per heavy atom. The van der Waals surface area contributed by atoms with Gasteiger partial charge in [0.2, 0.25) is 5.91 Å². The lowest BCUT2D eigenvalue weighted by Gasteiger charge is -2.65. The number of hydrogen-bond acceptors (Lipinski definition) is 5. The van der Waals surface area contributed by atoms with Crippen LogP contribution in [0.5, 0.6) is 0 Å². The Morgan fingerprint density at radius 1 is 1.03 bits per heavy atom. The van der Waals surface area contributed by atoms with E-state index in [1.54, 1.807) is 6.07 Å². The van der Waals surface area contributed by atoms with Crippen LogP contribution in [0.2, 0.25) is 0 Å². The highest BCUT2D eigenvalue weighted by molar-refractivity contribution is 5.90. The van der Waals surface area contributed by atoms with Gasteiger partial charge in [0.1, 0.15) is 5.82 Å². The first kappa shape index (κ1) is 28.3. The van der Waals surface area contributed by atoms with Crippen molar-refractivity contribution in [3.63, 3.8) is 0 Å². The Bertz CT molecular complexity index is 1050. The minimum atomic E-state index is -0.444. The second-order valence-corrected chi connectivity index (χ2v) is 13.6. The smallest absolute Gasteiger partial charge is 0.319 e. The number of halogens is 1. The van der Waals surface area contributed by atoms with Crippen LogP contribution >= 0.6 is 0 Å². The van der Waals surface area contributed by atoms with Gasteiger partial charge in [-0.25, -0.2) is 9.18 Å². The Hall–Kier alpha value is -2.23. The molecule has 1 aromatic rings. The standard InChI is InChI=1S/C30H45FN4O4/c1-28-14-22-15-29(2,18-28)20-30(16-22,19-28)33-27(39)32-25-4-3-21(13-24(25)31)17-34-7-5-23(6-8-34)26(38)35(9-11-36)10-12-37/h3-4,13,22-23,36-37H,5-12,14-20H2,1-2H3,(H2,32,33,39). The van der Waals surface area contributed by atoms with Crippen molar-refractivity contribution in [2.45, 2.75) is 77.3 Å². The highest BCUT2D eigenvalue weighted by Gasteiger charge is 2.60. The Morgan fingerprint density at radius 2 is 1.67 bits per heavy atom. The lowest BCUT2D eigenvalue weighted by atomic mass is 9.43. The van der Waals surface area contributed by atoms with Crippen LogP contribution in [-0.2, 0) is 11.3 Å². The van der Waals surface area contributed by atoms with Gasteiger partial charge in [-0.05, 0) is 98.9 Å². The third-order valence-corrected chi connectivity index (χ3v) is 9.68. The SMILES string of the molecule is CC12CC3CC(C)(C1)CC(NC(=O)Nc1ccc(CN4CCC(C(=O)N(CCO)CCO)CC4)cc1F)(C3)C2. The normalized spacial score (nSPS) is 32.3. The van der Waals surface area contributed by atoms with Crippen molar-refractivity contribution in [1.29, 1.82) is 0 Å². The summed E-state index contributed by atoms with van der Waals surface area (Å²) in [5, 5.41) is 24.5. The molecule has 0 aromatic heterocycles. The highest BCUT2D eigenvalue weighted by Crippen LogP contribution is 2.66. The van der Waals surface area contributed by atoms with Crippen molar-refractivity contribution < 1.29 is 24.2 Å². The summed E-state index contributed by atoms with van der Waals surface area (Å²) in [7, 11) is 0. The van der Waals surface area contributed by atoms with E-state index in [9.17, 15) is 19.8 Å². The van der Waals surface area contributed by atoms with Gasteiger partial charge in [-0.15, -0.1) is 0 Å². The monoisotopic (exact) mass is 544 g/mol. The molecule has 2 unspecified atom stereocenters. The molecule has 5 aliphatic rings. The molecule has 3 amide bonds. The van der Waals surface area contributed by atoms with Gasteiger partial charge in [-0.2, -0.15) is 0 Å². The van der Waals surface area contributed by atoms with E-state index in [0.29, 0.717) is 38.4 Å². The number of amides is 3. The van der Waals surface area contributed by atoms with Crippen molar-refractivity contribution in [3.8, 4) is 0 Å². The second kappa shape index (κ2) is 11.0. The largest absolute Gasteiger partial charge is 0.395 e. The van der Waals surface area contributed by atoms with E-state index < -0.39 is 5.82 Å². The topological polar surface area (TPSA) is 105 Å². The van der Waals surface area contributed by atoms with E-state index in [1.807, 2.05) is 6.07 Å². The molecule has 0 spiro atoms. The zero-order valence-corrected chi connectivity index (χ0v) is 23.5. The molecule has 1 saturated heterocycles. The molecule has 4 bridgehead atoms. The molecule has 8 nitrogen and oxygen atoms in total. The van der Waals surface area contributed by atoms with E-state index in [-0.39, 0.29) is 66.2 Å². The Balaban J connectivity index is 1.13. The second-order valence-electron chi connectivity index (χ2n) is 13.6. The van der Waals surface area contributed by atoms with Crippen molar-refractivity contribution in [2.24, 2.45) is 22.7 Å². The van der Waals surface area contributed by atoms with Crippen molar-refractivity contribution in [2.75, 3.05) is 44.7 Å². The zero-order chi connectivity index (χ0) is 27.8. The number of carbonyl (C=O) groups is 2. The van der Waals surface area contributed by atoms with E-state index in [0.717, 1.165) is 24.8 Å². The summed E-state index contributed by atoms with van der Waals surface area (Å²) in [6.45, 7) is 6.96. The van der Waals surface area contributed by atoms with Gasteiger partial charge in [0.15, 0.2) is 0 Å². The lowest BCUT2D eigenvalue weighted by Crippen LogP contribution is -2.65. The number of carbonyl (C=O) groups excluding carboxylic acids is 2. The number of urea groups is 1. The van der Waals surface area contributed by atoms with E-state index >= 15 is 4.39 Å². The average molecular weight is 545 g/mol. The van der Waals surface area contributed by atoms with Gasteiger partial charge in [0.05, 0.1) is 18.9 Å². The van der Waals surface area contributed by atoms with Crippen LogP contribution in [0.1, 0.15) is 70.8 Å². The molecule has 5 fully saturated rings. The number of likely N-dealkylation sites (tertiary alicyclic amines) is 1. The number of benzene rings is 1. The first-order valence-corrected chi connectivity index (χ1v) is 14.6. The molecule has 4 saturated carbocycles. The Kier molecular flexibility index (Phi) is 7.97. The maximum absolute atomic E-state index is 15.0. The number of piperidine rings is 1. The molecule has 4 aliphatic carbocycles. The van der Waals surface area contributed by atoms with Gasteiger partial charge in [0, 0.05) is 31.1 Å². The fourth-order valence-electron chi connectivity index (χ4n) is 9.17. The van der Waals surface area contributed by atoms with Crippen LogP contribution in [0.4, 0.5) is 14.9 Å². The first-order valence-electron chi connectivity index (χ1n) is 14.6. The van der Waals surface area contributed by atoms with Gasteiger partial charge in [-0.3, -0.25) is 9.69 Å². The third kappa shape index (κ3) is 6.25. The molecule has 1 heterocycles. The van der Waals surface area contributed by atoms with Crippen LogP contribution in [0.25, 0.3) is 0 Å². The molecule has 2 atom stereocenters. The number of rotatable bonds is 9. The van der Waals surface area contributed by atoms with Crippen molar-refractivity contribution in [1.82, 2.24) is 15.1 Å². The van der Waals surface area contributed by atoms with Crippen molar-refractivity contribution >= 4 is 17.6 Å². The average Bonchev–Trinajstić information content (AvgIpc) is 2.83. The summed E-state index contributed by atoms with van der Waals surface area (Å²) in [5.74, 6) is 0.0751. The predicted octanol–water partition coefficient (Wildman–Crippen LogP) is 3.72. The summed E-state index contributed by atoms with van der Waals surface area (Å²) < 4.78 is 15.0. The lowest BCUT2D eigenvalue weighted by molar-refractivity contribution is -0.138. The molecule has 0 radical (unpaired) electrons. The molecular weight excluding hydrogens is 499 g/mol. The van der Waals surface area contributed by atoms with E-state index in [1.165, 1.54) is 30.2 Å². The number of nitrogens with one attached hydrogen (secondary N) is 2. The van der Waals surface area contributed by atoms with Gasteiger partial charge in [-0.1, -0.05) is 19.9 Å². The maximum atomic E-state index is 15.0. The fourth-order valence-corrected chi connectivity index (χ4v) is 9.17. The molecule has 6 rings (SSSR count). The maximum Gasteiger partial charge on any atom is 0.319 e. The van der Waals surface area contributed by atoms with Crippen LogP contribution in [-0.4, -0.2) is 76.9 Å². The van der Waals surface area contributed by atoms with Crippen LogP contribution in [0.3, 0.4) is 0 Å². The fraction of sp³-hybridized carbons (Fsp3) is 0.733.